The molecule has 1 aliphatic carbocycles. The monoisotopic (exact) mass is 548 g/mol. The first kappa shape index (κ1) is 29.6. The van der Waals surface area contributed by atoms with Crippen LogP contribution >= 0.6 is 0 Å². The molecule has 1 unspecified atom stereocenters. The number of halogens is 1. The minimum atomic E-state index is -0.831. The maximum atomic E-state index is 14.9. The highest BCUT2D eigenvalue weighted by Crippen LogP contribution is 2.42. The van der Waals surface area contributed by atoms with E-state index in [0.29, 0.717) is 47.1 Å². The van der Waals surface area contributed by atoms with Crippen molar-refractivity contribution in [2.75, 3.05) is 13.7 Å². The third-order valence-corrected chi connectivity index (χ3v) is 7.46. The van der Waals surface area contributed by atoms with Crippen molar-refractivity contribution in [1.29, 1.82) is 0 Å². The van der Waals surface area contributed by atoms with Crippen LogP contribution in [0.4, 0.5) is 4.39 Å². The Balaban J connectivity index is 1.58. The van der Waals surface area contributed by atoms with Crippen molar-refractivity contribution in [2.45, 2.75) is 72.0 Å². The number of rotatable bonds is 12. The Morgan fingerprint density at radius 1 is 1.02 bits per heavy atom. The molecule has 0 spiro atoms. The van der Waals surface area contributed by atoms with E-state index in [1.54, 1.807) is 19.2 Å². The fourth-order valence-corrected chi connectivity index (χ4v) is 5.02. The van der Waals surface area contributed by atoms with Gasteiger partial charge in [-0.1, -0.05) is 57.9 Å². The molecule has 0 radical (unpaired) electrons. The summed E-state index contributed by atoms with van der Waals surface area (Å²) in [5, 5.41) is 11.3. The lowest BCUT2D eigenvalue weighted by Gasteiger charge is -2.28. The van der Waals surface area contributed by atoms with Gasteiger partial charge in [0, 0.05) is 5.56 Å². The second-order valence-electron chi connectivity index (χ2n) is 11.8. The standard InChI is InChI=1S/C34H41FO5/c1-6-39-32(36)19-25(16-22-10-11-22)24-8-7-9-27(18-24)40-21-23-12-14-28(30(17-23)33(37)34(2,3)4)29-20-26(38-5)13-15-31(29)35/h7-9,12-15,17-18,20,22,25,33,37H,6,10-11,16,19,21H2,1-5H3/t25-,33?/m1/s1. The maximum absolute atomic E-state index is 14.9. The highest BCUT2D eigenvalue weighted by atomic mass is 19.1. The van der Waals surface area contributed by atoms with E-state index >= 15 is 0 Å². The van der Waals surface area contributed by atoms with Crippen LogP contribution < -0.4 is 9.47 Å². The smallest absolute Gasteiger partial charge is 0.306 e. The average Bonchev–Trinajstić information content (AvgIpc) is 3.75. The van der Waals surface area contributed by atoms with Gasteiger partial charge < -0.3 is 19.3 Å². The van der Waals surface area contributed by atoms with Gasteiger partial charge in [-0.15, -0.1) is 0 Å². The van der Waals surface area contributed by atoms with Gasteiger partial charge in [0.2, 0.25) is 0 Å². The van der Waals surface area contributed by atoms with Crippen molar-refractivity contribution in [3.63, 3.8) is 0 Å². The van der Waals surface area contributed by atoms with Crippen LogP contribution in [-0.2, 0) is 16.1 Å². The van der Waals surface area contributed by atoms with E-state index in [0.717, 1.165) is 17.5 Å². The summed E-state index contributed by atoms with van der Waals surface area (Å²) in [6.07, 6.45) is 2.94. The van der Waals surface area contributed by atoms with E-state index in [4.69, 9.17) is 14.2 Å². The van der Waals surface area contributed by atoms with E-state index in [-0.39, 0.29) is 24.3 Å². The largest absolute Gasteiger partial charge is 0.497 e. The molecule has 2 atom stereocenters. The molecule has 3 aromatic rings. The minimum absolute atomic E-state index is 0.0979. The number of ether oxygens (including phenoxy) is 3. The second kappa shape index (κ2) is 12.9. The zero-order valence-electron chi connectivity index (χ0n) is 24.2. The molecule has 0 bridgehead atoms. The van der Waals surface area contributed by atoms with Gasteiger partial charge in [-0.3, -0.25) is 4.79 Å². The van der Waals surface area contributed by atoms with Gasteiger partial charge in [0.15, 0.2) is 0 Å². The normalized spacial score (nSPS) is 14.9. The predicted octanol–water partition coefficient (Wildman–Crippen LogP) is 8.00. The van der Waals surface area contributed by atoms with Gasteiger partial charge in [-0.2, -0.15) is 0 Å². The number of methoxy groups -OCH3 is 1. The minimum Gasteiger partial charge on any atom is -0.497 e. The summed E-state index contributed by atoms with van der Waals surface area (Å²) in [5.74, 6) is 1.47. The summed E-state index contributed by atoms with van der Waals surface area (Å²) in [7, 11) is 1.54. The van der Waals surface area contributed by atoms with Crippen LogP contribution in [0.5, 0.6) is 11.5 Å². The van der Waals surface area contributed by atoms with Crippen molar-refractivity contribution in [1.82, 2.24) is 0 Å². The van der Waals surface area contributed by atoms with E-state index in [1.165, 1.54) is 18.9 Å². The maximum Gasteiger partial charge on any atom is 0.306 e. The Bertz CT molecular complexity index is 1310. The fraction of sp³-hybridized carbons (Fsp3) is 0.441. The first-order chi connectivity index (χ1) is 19.1. The van der Waals surface area contributed by atoms with E-state index < -0.39 is 11.5 Å². The predicted molar refractivity (Wildman–Crippen MR) is 155 cm³/mol. The van der Waals surface area contributed by atoms with Crippen LogP contribution in [0.25, 0.3) is 11.1 Å². The SMILES string of the molecule is CCOC(=O)C[C@@H](CC1CC1)c1cccc(OCc2ccc(-c3cc(OC)ccc3F)c(C(O)C(C)(C)C)c2)c1. The molecule has 1 N–H and O–H groups in total. The third-order valence-electron chi connectivity index (χ3n) is 7.46. The molecule has 214 valence electrons. The van der Waals surface area contributed by atoms with Crippen LogP contribution in [0.3, 0.4) is 0 Å². The molecule has 0 amide bonds. The number of hydrogen-bond donors (Lipinski definition) is 1. The molecule has 0 heterocycles. The molecule has 40 heavy (non-hydrogen) atoms. The van der Waals surface area contributed by atoms with E-state index in [9.17, 15) is 14.3 Å². The highest BCUT2D eigenvalue weighted by molar-refractivity contribution is 5.71. The van der Waals surface area contributed by atoms with Gasteiger partial charge in [0.1, 0.15) is 23.9 Å². The summed E-state index contributed by atoms with van der Waals surface area (Å²) in [5.41, 5.74) is 3.09. The molecule has 0 aliphatic heterocycles. The molecule has 1 aliphatic rings. The summed E-state index contributed by atoms with van der Waals surface area (Å²) >= 11 is 0. The summed E-state index contributed by atoms with van der Waals surface area (Å²) < 4.78 is 31.7. The Morgan fingerprint density at radius 3 is 2.48 bits per heavy atom. The van der Waals surface area contributed by atoms with Gasteiger partial charge in [0.05, 0.1) is 26.2 Å². The lowest BCUT2D eigenvalue weighted by molar-refractivity contribution is -0.143. The number of hydrogen-bond acceptors (Lipinski definition) is 5. The number of aliphatic hydroxyl groups excluding tert-OH is 1. The van der Waals surface area contributed by atoms with Gasteiger partial charge >= 0.3 is 5.97 Å². The fourth-order valence-electron chi connectivity index (χ4n) is 5.02. The second-order valence-corrected chi connectivity index (χ2v) is 11.8. The molecule has 1 fully saturated rings. The molecule has 5 nitrogen and oxygen atoms in total. The number of esters is 1. The summed E-state index contributed by atoms with van der Waals surface area (Å²) in [6, 6.07) is 18.2. The lowest BCUT2D eigenvalue weighted by Crippen LogP contribution is -2.19. The number of benzene rings is 3. The zero-order chi connectivity index (χ0) is 28.9. The topological polar surface area (TPSA) is 65.0 Å². The first-order valence-corrected chi connectivity index (χ1v) is 14.1. The molecular weight excluding hydrogens is 507 g/mol. The molecule has 0 saturated heterocycles. The lowest BCUT2D eigenvalue weighted by atomic mass is 9.81. The van der Waals surface area contributed by atoms with Crippen molar-refractivity contribution in [3.05, 3.63) is 83.2 Å². The number of carbonyl (C=O) groups excluding carboxylic acids is 1. The molecule has 4 rings (SSSR count). The quantitative estimate of drug-likeness (QED) is 0.232. The summed E-state index contributed by atoms with van der Waals surface area (Å²) in [4.78, 5) is 12.3. The van der Waals surface area contributed by atoms with Crippen LogP contribution in [-0.4, -0.2) is 24.8 Å². The van der Waals surface area contributed by atoms with Crippen LogP contribution in [0.2, 0.25) is 0 Å². The van der Waals surface area contributed by atoms with Crippen molar-refractivity contribution in [3.8, 4) is 22.6 Å². The molecule has 0 aromatic heterocycles. The Kier molecular flexibility index (Phi) is 9.52. The Labute approximate surface area is 237 Å². The van der Waals surface area contributed by atoms with Crippen LogP contribution in [0.15, 0.2) is 60.7 Å². The van der Waals surface area contributed by atoms with E-state index in [2.05, 4.69) is 6.07 Å². The molecular formula is C34H41FO5. The Hall–Kier alpha value is -3.38. The third kappa shape index (κ3) is 7.63. The van der Waals surface area contributed by atoms with Crippen molar-refractivity contribution < 1.29 is 28.5 Å². The summed E-state index contributed by atoms with van der Waals surface area (Å²) in [6.45, 7) is 8.34. The molecule has 1 saturated carbocycles. The first-order valence-electron chi connectivity index (χ1n) is 14.1. The molecule has 3 aromatic carbocycles. The van der Waals surface area contributed by atoms with Crippen molar-refractivity contribution in [2.24, 2.45) is 11.3 Å². The van der Waals surface area contributed by atoms with E-state index in [1.807, 2.05) is 64.1 Å². The zero-order valence-corrected chi connectivity index (χ0v) is 24.2. The average molecular weight is 549 g/mol. The van der Waals surface area contributed by atoms with Gasteiger partial charge in [0.25, 0.3) is 0 Å². The van der Waals surface area contributed by atoms with Crippen LogP contribution in [0.1, 0.15) is 82.1 Å². The Morgan fingerprint density at radius 2 is 1.80 bits per heavy atom. The van der Waals surface area contributed by atoms with Gasteiger partial charge in [-0.25, -0.2) is 4.39 Å². The number of aliphatic hydroxyl groups is 1. The van der Waals surface area contributed by atoms with Crippen molar-refractivity contribution >= 4 is 5.97 Å². The van der Waals surface area contributed by atoms with Crippen LogP contribution in [0, 0.1) is 17.2 Å². The molecule has 6 heteroatoms. The van der Waals surface area contributed by atoms with Gasteiger partial charge in [-0.05, 0) is 89.2 Å². The number of carbonyl (C=O) groups is 1. The highest BCUT2D eigenvalue weighted by Gasteiger charge is 2.29.